The van der Waals surface area contributed by atoms with Crippen molar-refractivity contribution in [3.8, 4) is 6.07 Å². The van der Waals surface area contributed by atoms with Crippen molar-refractivity contribution in [3.05, 3.63) is 0 Å². The number of amides is 1. The zero-order valence-corrected chi connectivity index (χ0v) is 11.2. The van der Waals surface area contributed by atoms with Crippen LogP contribution in [0.5, 0.6) is 0 Å². The highest BCUT2D eigenvalue weighted by atomic mass is 16.2. The third-order valence-electron chi connectivity index (χ3n) is 4.63. The smallest absolute Gasteiger partial charge is 0.240 e. The van der Waals surface area contributed by atoms with Gasteiger partial charge >= 0.3 is 0 Å². The predicted molar refractivity (Wildman–Crippen MR) is 70.7 cm³/mol. The lowest BCUT2D eigenvalue weighted by Gasteiger charge is -2.30. The van der Waals surface area contributed by atoms with Crippen LogP contribution in [-0.2, 0) is 4.79 Å². The molecule has 2 aliphatic carbocycles. The summed E-state index contributed by atoms with van der Waals surface area (Å²) in [5, 5.41) is 12.4. The second kappa shape index (κ2) is 6.22. The van der Waals surface area contributed by atoms with Gasteiger partial charge in [-0.25, -0.2) is 0 Å². The van der Waals surface area contributed by atoms with E-state index in [0.717, 1.165) is 32.2 Å². The molecular weight excluding hydrogens is 224 g/mol. The molecule has 0 saturated heterocycles. The molecule has 3 nitrogen and oxygen atoms in total. The molecule has 0 atom stereocenters. The Kier molecular flexibility index (Phi) is 4.63. The molecule has 0 aliphatic heterocycles. The van der Waals surface area contributed by atoms with Gasteiger partial charge in [-0.05, 0) is 31.6 Å². The first-order valence-corrected chi connectivity index (χ1v) is 7.46. The Labute approximate surface area is 110 Å². The second-order valence-electron chi connectivity index (χ2n) is 5.97. The van der Waals surface area contributed by atoms with E-state index in [1.54, 1.807) is 0 Å². The van der Waals surface area contributed by atoms with Gasteiger partial charge in [-0.2, -0.15) is 5.26 Å². The van der Waals surface area contributed by atoms with E-state index < -0.39 is 5.41 Å². The number of nitrogens with one attached hydrogen (secondary N) is 1. The van der Waals surface area contributed by atoms with Gasteiger partial charge < -0.3 is 5.32 Å². The third kappa shape index (κ3) is 3.04. The van der Waals surface area contributed by atoms with Gasteiger partial charge in [0.1, 0.15) is 5.41 Å². The molecule has 0 spiro atoms. The molecule has 100 valence electrons. The van der Waals surface area contributed by atoms with Crippen molar-refractivity contribution >= 4 is 5.91 Å². The molecule has 2 rings (SSSR count). The van der Waals surface area contributed by atoms with Crippen molar-refractivity contribution < 1.29 is 4.79 Å². The fraction of sp³-hybridized carbons (Fsp3) is 0.867. The first-order chi connectivity index (χ1) is 8.77. The number of hydrogen-bond acceptors (Lipinski definition) is 2. The number of hydrogen-bond donors (Lipinski definition) is 1. The minimum atomic E-state index is -0.715. The van der Waals surface area contributed by atoms with Crippen molar-refractivity contribution in [1.82, 2.24) is 5.32 Å². The van der Waals surface area contributed by atoms with Gasteiger partial charge in [0.2, 0.25) is 5.91 Å². The summed E-state index contributed by atoms with van der Waals surface area (Å²) in [7, 11) is 0. The van der Waals surface area contributed by atoms with Crippen molar-refractivity contribution in [1.29, 1.82) is 5.26 Å². The van der Waals surface area contributed by atoms with Crippen LogP contribution in [0.2, 0.25) is 0 Å². The summed E-state index contributed by atoms with van der Waals surface area (Å²) in [6.45, 7) is 0.780. The van der Waals surface area contributed by atoms with Gasteiger partial charge in [-0.3, -0.25) is 4.79 Å². The lowest BCUT2D eigenvalue weighted by Crippen LogP contribution is -2.43. The van der Waals surface area contributed by atoms with Gasteiger partial charge in [0.05, 0.1) is 6.07 Å². The molecule has 0 unspecified atom stereocenters. The van der Waals surface area contributed by atoms with Crippen LogP contribution in [0.3, 0.4) is 0 Å². The molecule has 2 saturated carbocycles. The summed E-state index contributed by atoms with van der Waals surface area (Å²) in [6.07, 6.45) is 11.1. The van der Waals surface area contributed by atoms with E-state index in [1.807, 2.05) is 0 Å². The van der Waals surface area contributed by atoms with E-state index in [0.29, 0.717) is 5.92 Å². The van der Waals surface area contributed by atoms with Crippen LogP contribution in [-0.4, -0.2) is 12.5 Å². The van der Waals surface area contributed by atoms with E-state index in [2.05, 4.69) is 11.4 Å². The van der Waals surface area contributed by atoms with E-state index in [9.17, 15) is 10.1 Å². The van der Waals surface area contributed by atoms with Crippen molar-refractivity contribution in [2.75, 3.05) is 6.54 Å². The van der Waals surface area contributed by atoms with Gasteiger partial charge in [-0.1, -0.05) is 38.5 Å². The Morgan fingerprint density at radius 2 is 1.72 bits per heavy atom. The fourth-order valence-electron chi connectivity index (χ4n) is 3.34. The van der Waals surface area contributed by atoms with E-state index >= 15 is 0 Å². The Morgan fingerprint density at radius 3 is 2.33 bits per heavy atom. The summed E-state index contributed by atoms with van der Waals surface area (Å²) in [5.41, 5.74) is -0.715. The van der Waals surface area contributed by atoms with Crippen LogP contribution in [0.4, 0.5) is 0 Å². The minimum Gasteiger partial charge on any atom is -0.354 e. The highest BCUT2D eigenvalue weighted by Gasteiger charge is 2.39. The molecule has 3 heteroatoms. The number of rotatable bonds is 3. The number of nitriles is 1. The summed E-state index contributed by atoms with van der Waals surface area (Å²) in [4.78, 5) is 12.3. The van der Waals surface area contributed by atoms with E-state index in [-0.39, 0.29) is 5.91 Å². The highest BCUT2D eigenvalue weighted by Crippen LogP contribution is 2.36. The molecule has 18 heavy (non-hydrogen) atoms. The van der Waals surface area contributed by atoms with Crippen molar-refractivity contribution in [2.24, 2.45) is 11.3 Å². The summed E-state index contributed by atoms with van der Waals surface area (Å²) in [6, 6.07) is 2.29. The number of nitrogens with zero attached hydrogens (tertiary/aromatic N) is 1. The largest absolute Gasteiger partial charge is 0.354 e. The summed E-state index contributed by atoms with van der Waals surface area (Å²) >= 11 is 0. The maximum absolute atomic E-state index is 12.3. The molecule has 2 aliphatic rings. The van der Waals surface area contributed by atoms with Gasteiger partial charge in [0.15, 0.2) is 0 Å². The van der Waals surface area contributed by atoms with Crippen LogP contribution in [0.15, 0.2) is 0 Å². The predicted octanol–water partition coefficient (Wildman–Crippen LogP) is 3.16. The molecule has 0 radical (unpaired) electrons. The number of carbonyl (C=O) groups is 1. The van der Waals surface area contributed by atoms with Crippen LogP contribution < -0.4 is 5.32 Å². The van der Waals surface area contributed by atoms with E-state index in [4.69, 9.17) is 0 Å². The molecule has 2 fully saturated rings. The standard InChI is InChI=1S/C15H24N2O/c16-12-15(9-5-2-6-10-15)14(18)17-11-13-7-3-1-4-8-13/h13H,1-11H2,(H,17,18). The van der Waals surface area contributed by atoms with Crippen molar-refractivity contribution in [2.45, 2.75) is 64.2 Å². The maximum Gasteiger partial charge on any atom is 0.240 e. The second-order valence-corrected chi connectivity index (χ2v) is 5.97. The topological polar surface area (TPSA) is 52.9 Å². The Morgan fingerprint density at radius 1 is 1.11 bits per heavy atom. The molecule has 0 bridgehead atoms. The minimum absolute atomic E-state index is 0.00438. The fourth-order valence-corrected chi connectivity index (χ4v) is 3.34. The van der Waals surface area contributed by atoms with Crippen molar-refractivity contribution in [3.63, 3.8) is 0 Å². The molecular formula is C15H24N2O. The zero-order valence-electron chi connectivity index (χ0n) is 11.2. The SMILES string of the molecule is N#CC1(C(=O)NCC2CCCCC2)CCCCC1. The lowest BCUT2D eigenvalue weighted by molar-refractivity contribution is -0.129. The van der Waals surface area contributed by atoms with Crippen LogP contribution >= 0.6 is 0 Å². The molecule has 0 aromatic heterocycles. The molecule has 1 N–H and O–H groups in total. The van der Waals surface area contributed by atoms with Gasteiger partial charge in [-0.15, -0.1) is 0 Å². The van der Waals surface area contributed by atoms with Gasteiger partial charge in [0, 0.05) is 6.54 Å². The van der Waals surface area contributed by atoms with E-state index in [1.165, 1.54) is 38.5 Å². The Hall–Kier alpha value is -1.04. The molecule has 0 aromatic carbocycles. The first-order valence-electron chi connectivity index (χ1n) is 7.46. The molecule has 0 aromatic rings. The van der Waals surface area contributed by atoms with Crippen LogP contribution in [0.25, 0.3) is 0 Å². The van der Waals surface area contributed by atoms with Gasteiger partial charge in [0.25, 0.3) is 0 Å². The Bertz CT molecular complexity index is 320. The number of carbonyl (C=O) groups excluding carboxylic acids is 1. The quantitative estimate of drug-likeness (QED) is 0.834. The monoisotopic (exact) mass is 248 g/mol. The normalized spacial score (nSPS) is 24.2. The maximum atomic E-state index is 12.3. The molecule has 1 amide bonds. The summed E-state index contributed by atoms with van der Waals surface area (Å²) in [5.74, 6) is 0.636. The van der Waals surface area contributed by atoms with Crippen LogP contribution in [0.1, 0.15) is 64.2 Å². The molecule has 0 heterocycles. The lowest BCUT2D eigenvalue weighted by atomic mass is 9.74. The zero-order chi connectivity index (χ0) is 12.8. The first kappa shape index (κ1) is 13.4. The third-order valence-corrected chi connectivity index (χ3v) is 4.63. The van der Waals surface area contributed by atoms with Crippen LogP contribution in [0, 0.1) is 22.7 Å². The Balaban J connectivity index is 1.84. The average Bonchev–Trinajstić information content (AvgIpc) is 2.46. The average molecular weight is 248 g/mol. The highest BCUT2D eigenvalue weighted by molar-refractivity contribution is 5.85. The summed E-state index contributed by atoms with van der Waals surface area (Å²) < 4.78 is 0.